The van der Waals surface area contributed by atoms with Gasteiger partial charge in [-0.25, -0.2) is 0 Å². The van der Waals surface area contributed by atoms with Gasteiger partial charge >= 0.3 is 0 Å². The maximum Gasteiger partial charge on any atom is 0.122 e. The van der Waals surface area contributed by atoms with Gasteiger partial charge in [-0.15, -0.1) is 0 Å². The highest BCUT2D eigenvalue weighted by Gasteiger charge is 1.89. The summed E-state index contributed by atoms with van der Waals surface area (Å²) in [6, 6.07) is 18.5. The standard InChI is InChI=1S/2C7H8N2/c2*8-7(9)6-4-2-1-3-5-6/h2*1-5H,(H3,8,9). The van der Waals surface area contributed by atoms with Crippen molar-refractivity contribution < 1.29 is 0 Å². The molecule has 0 radical (unpaired) electrons. The molecule has 0 bridgehead atoms. The lowest BCUT2D eigenvalue weighted by molar-refractivity contribution is 1.42. The van der Waals surface area contributed by atoms with Crippen molar-refractivity contribution in [2.45, 2.75) is 0 Å². The van der Waals surface area contributed by atoms with Crippen molar-refractivity contribution in [2.75, 3.05) is 0 Å². The Balaban J connectivity index is 0.000000180. The van der Waals surface area contributed by atoms with Gasteiger partial charge in [0.1, 0.15) is 11.7 Å². The molecule has 92 valence electrons. The van der Waals surface area contributed by atoms with Gasteiger partial charge in [-0.1, -0.05) is 60.7 Å². The van der Waals surface area contributed by atoms with Crippen LogP contribution >= 0.6 is 0 Å². The fraction of sp³-hybridized carbons (Fsp3) is 0. The molecule has 0 aliphatic heterocycles. The molecule has 0 aromatic heterocycles. The molecule has 2 aromatic rings. The van der Waals surface area contributed by atoms with E-state index < -0.39 is 0 Å². The fourth-order valence-corrected chi connectivity index (χ4v) is 1.24. The van der Waals surface area contributed by atoms with Gasteiger partial charge in [0.15, 0.2) is 0 Å². The second-order valence-electron chi connectivity index (χ2n) is 3.56. The summed E-state index contributed by atoms with van der Waals surface area (Å²) >= 11 is 0. The first-order valence-corrected chi connectivity index (χ1v) is 5.40. The highest BCUT2D eigenvalue weighted by atomic mass is 14.7. The summed E-state index contributed by atoms with van der Waals surface area (Å²) in [5, 5.41) is 14.0. The Morgan fingerprint density at radius 2 is 0.889 bits per heavy atom. The summed E-state index contributed by atoms with van der Waals surface area (Å²) in [5.41, 5.74) is 11.9. The topological polar surface area (TPSA) is 99.7 Å². The first-order valence-electron chi connectivity index (χ1n) is 5.40. The molecular formula is C14H16N4. The van der Waals surface area contributed by atoms with Crippen LogP contribution in [-0.4, -0.2) is 11.7 Å². The van der Waals surface area contributed by atoms with Crippen molar-refractivity contribution in [1.82, 2.24) is 0 Å². The molecule has 0 atom stereocenters. The molecule has 4 nitrogen and oxygen atoms in total. The van der Waals surface area contributed by atoms with Gasteiger partial charge in [-0.2, -0.15) is 0 Å². The molecule has 0 amide bonds. The van der Waals surface area contributed by atoms with Crippen molar-refractivity contribution in [2.24, 2.45) is 11.5 Å². The van der Waals surface area contributed by atoms with Crippen LogP contribution < -0.4 is 11.5 Å². The van der Waals surface area contributed by atoms with Crippen molar-refractivity contribution in [3.8, 4) is 0 Å². The summed E-state index contributed by atoms with van der Waals surface area (Å²) in [6.07, 6.45) is 0. The number of benzene rings is 2. The number of nitrogen functional groups attached to an aromatic ring is 2. The molecule has 0 heterocycles. The molecule has 6 N–H and O–H groups in total. The van der Waals surface area contributed by atoms with Crippen LogP contribution in [0.1, 0.15) is 11.1 Å². The Kier molecular flexibility index (Phi) is 5.12. The molecule has 0 aliphatic carbocycles. The Morgan fingerprint density at radius 1 is 0.611 bits per heavy atom. The van der Waals surface area contributed by atoms with E-state index in [0.717, 1.165) is 11.1 Å². The molecule has 0 saturated carbocycles. The van der Waals surface area contributed by atoms with Crippen molar-refractivity contribution >= 4 is 11.7 Å². The number of hydrogen-bond donors (Lipinski definition) is 4. The molecule has 2 rings (SSSR count). The van der Waals surface area contributed by atoms with Crippen LogP contribution in [-0.2, 0) is 0 Å². The third kappa shape index (κ3) is 4.49. The van der Waals surface area contributed by atoms with Crippen molar-refractivity contribution in [3.63, 3.8) is 0 Å². The highest BCUT2D eigenvalue weighted by Crippen LogP contribution is 1.95. The third-order valence-corrected chi connectivity index (χ3v) is 2.17. The van der Waals surface area contributed by atoms with E-state index in [9.17, 15) is 0 Å². The minimum atomic E-state index is 0.121. The van der Waals surface area contributed by atoms with Gasteiger partial charge in [0.05, 0.1) is 0 Å². The fourth-order valence-electron chi connectivity index (χ4n) is 1.24. The zero-order valence-electron chi connectivity index (χ0n) is 9.93. The van der Waals surface area contributed by atoms with Gasteiger partial charge in [-0.05, 0) is 0 Å². The van der Waals surface area contributed by atoms with Gasteiger partial charge < -0.3 is 11.5 Å². The molecule has 0 aliphatic rings. The largest absolute Gasteiger partial charge is 0.384 e. The summed E-state index contributed by atoms with van der Waals surface area (Å²) in [6.45, 7) is 0. The van der Waals surface area contributed by atoms with Crippen LogP contribution in [0.15, 0.2) is 60.7 Å². The van der Waals surface area contributed by atoms with Crippen LogP contribution in [0.4, 0.5) is 0 Å². The number of nitrogens with two attached hydrogens (primary N) is 2. The van der Waals surface area contributed by atoms with Crippen molar-refractivity contribution in [3.05, 3.63) is 71.8 Å². The third-order valence-electron chi connectivity index (χ3n) is 2.17. The quantitative estimate of drug-likeness (QED) is 0.476. The van der Waals surface area contributed by atoms with Gasteiger partial charge in [0.25, 0.3) is 0 Å². The van der Waals surface area contributed by atoms with Gasteiger partial charge in [0.2, 0.25) is 0 Å². The number of rotatable bonds is 2. The molecule has 0 fully saturated rings. The van der Waals surface area contributed by atoms with Crippen LogP contribution in [0.5, 0.6) is 0 Å². The van der Waals surface area contributed by atoms with Gasteiger partial charge in [0, 0.05) is 11.1 Å². The molecule has 4 heteroatoms. The monoisotopic (exact) mass is 240 g/mol. The summed E-state index contributed by atoms with van der Waals surface area (Å²) in [4.78, 5) is 0. The Morgan fingerprint density at radius 3 is 1.06 bits per heavy atom. The average Bonchev–Trinajstić information content (AvgIpc) is 2.41. The lowest BCUT2D eigenvalue weighted by atomic mass is 10.2. The maximum atomic E-state index is 7.01. The number of nitrogens with one attached hydrogen (secondary N) is 2. The van der Waals surface area contributed by atoms with E-state index in [0.29, 0.717) is 0 Å². The smallest absolute Gasteiger partial charge is 0.122 e. The summed E-state index contributed by atoms with van der Waals surface area (Å²) in [7, 11) is 0. The predicted octanol–water partition coefficient (Wildman–Crippen LogP) is 1.94. The van der Waals surface area contributed by atoms with Crippen LogP contribution in [0, 0.1) is 10.8 Å². The minimum absolute atomic E-state index is 0.121. The van der Waals surface area contributed by atoms with Crippen LogP contribution in [0.2, 0.25) is 0 Å². The van der Waals surface area contributed by atoms with E-state index in [2.05, 4.69) is 0 Å². The number of hydrogen-bond acceptors (Lipinski definition) is 2. The van der Waals surface area contributed by atoms with E-state index in [4.69, 9.17) is 22.3 Å². The molecule has 0 spiro atoms. The molecular weight excluding hydrogens is 224 g/mol. The number of amidine groups is 2. The first-order chi connectivity index (χ1) is 8.61. The minimum Gasteiger partial charge on any atom is -0.384 e. The van der Waals surface area contributed by atoms with Crippen LogP contribution in [0.3, 0.4) is 0 Å². The zero-order chi connectivity index (χ0) is 13.4. The molecule has 18 heavy (non-hydrogen) atoms. The summed E-state index contributed by atoms with van der Waals surface area (Å²) < 4.78 is 0. The molecule has 0 unspecified atom stereocenters. The lowest BCUT2D eigenvalue weighted by Gasteiger charge is -1.93. The second kappa shape index (κ2) is 6.85. The van der Waals surface area contributed by atoms with Crippen LogP contribution in [0.25, 0.3) is 0 Å². The molecule has 0 saturated heterocycles. The van der Waals surface area contributed by atoms with E-state index in [-0.39, 0.29) is 11.7 Å². The second-order valence-corrected chi connectivity index (χ2v) is 3.56. The first kappa shape index (κ1) is 13.4. The van der Waals surface area contributed by atoms with Crippen molar-refractivity contribution in [1.29, 1.82) is 10.8 Å². The Hall–Kier alpha value is -2.62. The Labute approximate surface area is 106 Å². The van der Waals surface area contributed by atoms with E-state index in [1.54, 1.807) is 0 Å². The molecule has 2 aromatic carbocycles. The SMILES string of the molecule is N=C(N)c1ccccc1.N=C(N)c1ccccc1. The van der Waals surface area contributed by atoms with E-state index in [1.165, 1.54) is 0 Å². The zero-order valence-corrected chi connectivity index (χ0v) is 9.93. The Bertz CT molecular complexity index is 456. The summed E-state index contributed by atoms with van der Waals surface area (Å²) in [5.74, 6) is 0.242. The normalized spacial score (nSPS) is 8.89. The highest BCUT2D eigenvalue weighted by molar-refractivity contribution is 5.95. The van der Waals surface area contributed by atoms with E-state index >= 15 is 0 Å². The average molecular weight is 240 g/mol. The lowest BCUT2D eigenvalue weighted by Crippen LogP contribution is -2.10. The van der Waals surface area contributed by atoms with Gasteiger partial charge in [-0.3, -0.25) is 10.8 Å². The predicted molar refractivity (Wildman–Crippen MR) is 74.9 cm³/mol. The maximum absolute atomic E-state index is 7.01. The van der Waals surface area contributed by atoms with E-state index in [1.807, 2.05) is 60.7 Å².